The second kappa shape index (κ2) is 7.49. The van der Waals surface area contributed by atoms with Gasteiger partial charge in [-0.05, 0) is 49.1 Å². The lowest BCUT2D eigenvalue weighted by Gasteiger charge is -2.07. The highest BCUT2D eigenvalue weighted by atomic mass is 35.5. The summed E-state index contributed by atoms with van der Waals surface area (Å²) in [6.45, 7) is 2.00. The molecule has 1 fully saturated rings. The molecule has 2 N–H and O–H groups in total. The Labute approximate surface area is 172 Å². The summed E-state index contributed by atoms with van der Waals surface area (Å²) >= 11 is 12.5. The number of nitrogens with one attached hydrogen (secondary N) is 2. The van der Waals surface area contributed by atoms with Gasteiger partial charge in [-0.25, -0.2) is 4.79 Å². The van der Waals surface area contributed by atoms with E-state index in [9.17, 15) is 9.59 Å². The van der Waals surface area contributed by atoms with Crippen molar-refractivity contribution in [3.05, 3.63) is 63.8 Å². The Bertz CT molecular complexity index is 1060. The standard InChI is InChI=1S/C21H18Cl2N2O3/c1-2-28-21(27)19-17(18-15(23)8-11(22)9-16(18)25-19)13-10-14(13)20(26)24-12-6-4-3-5-7-12/h3-9,13-14,25H,2,10H2,1H3,(H,24,26)/t13-,14-/m1/s1. The molecule has 4 rings (SSSR count). The molecule has 0 saturated heterocycles. The topological polar surface area (TPSA) is 71.2 Å². The van der Waals surface area contributed by atoms with E-state index in [1.807, 2.05) is 30.3 Å². The number of esters is 1. The molecule has 0 aliphatic heterocycles. The first-order chi connectivity index (χ1) is 13.5. The van der Waals surface area contributed by atoms with E-state index in [0.717, 1.165) is 11.3 Å². The average molecular weight is 417 g/mol. The Morgan fingerprint density at radius 2 is 1.96 bits per heavy atom. The minimum absolute atomic E-state index is 0.0783. The summed E-state index contributed by atoms with van der Waals surface area (Å²) in [6.07, 6.45) is 0.636. The molecule has 2 atom stereocenters. The third kappa shape index (κ3) is 3.48. The van der Waals surface area contributed by atoms with Crippen molar-refractivity contribution in [2.45, 2.75) is 19.3 Å². The molecule has 0 spiro atoms. The van der Waals surface area contributed by atoms with Crippen molar-refractivity contribution in [3.63, 3.8) is 0 Å². The molecule has 28 heavy (non-hydrogen) atoms. The number of anilines is 1. The number of carbonyl (C=O) groups excluding carboxylic acids is 2. The lowest BCUT2D eigenvalue weighted by molar-refractivity contribution is -0.117. The highest BCUT2D eigenvalue weighted by molar-refractivity contribution is 6.39. The smallest absolute Gasteiger partial charge is 0.355 e. The van der Waals surface area contributed by atoms with E-state index < -0.39 is 5.97 Å². The Kier molecular flexibility index (Phi) is 5.04. The van der Waals surface area contributed by atoms with Crippen molar-refractivity contribution in [1.82, 2.24) is 4.98 Å². The van der Waals surface area contributed by atoms with Gasteiger partial charge in [0.25, 0.3) is 0 Å². The zero-order valence-corrected chi connectivity index (χ0v) is 16.6. The van der Waals surface area contributed by atoms with Gasteiger partial charge in [0.1, 0.15) is 5.69 Å². The van der Waals surface area contributed by atoms with Gasteiger partial charge in [-0.15, -0.1) is 0 Å². The van der Waals surface area contributed by atoms with Gasteiger partial charge >= 0.3 is 5.97 Å². The monoisotopic (exact) mass is 416 g/mol. The third-order valence-corrected chi connectivity index (χ3v) is 5.39. The fraction of sp³-hybridized carbons (Fsp3) is 0.238. The molecule has 0 unspecified atom stereocenters. The van der Waals surface area contributed by atoms with Gasteiger partial charge in [0.05, 0.1) is 11.6 Å². The van der Waals surface area contributed by atoms with Crippen molar-refractivity contribution in [2.75, 3.05) is 11.9 Å². The highest BCUT2D eigenvalue weighted by Crippen LogP contribution is 2.52. The van der Waals surface area contributed by atoms with E-state index in [0.29, 0.717) is 33.1 Å². The average Bonchev–Trinajstić information content (AvgIpc) is 3.36. The molecular formula is C21H18Cl2N2O3. The summed E-state index contributed by atoms with van der Waals surface area (Å²) < 4.78 is 5.19. The number of benzene rings is 2. The van der Waals surface area contributed by atoms with Crippen LogP contribution in [-0.2, 0) is 9.53 Å². The number of hydrogen-bond acceptors (Lipinski definition) is 3. The van der Waals surface area contributed by atoms with Crippen LogP contribution in [0.4, 0.5) is 5.69 Å². The van der Waals surface area contributed by atoms with E-state index in [4.69, 9.17) is 27.9 Å². The van der Waals surface area contributed by atoms with Gasteiger partial charge in [0, 0.05) is 27.5 Å². The maximum Gasteiger partial charge on any atom is 0.355 e. The molecule has 144 valence electrons. The number of ether oxygens (including phenoxy) is 1. The van der Waals surface area contributed by atoms with E-state index in [1.165, 1.54) is 0 Å². The number of amides is 1. The van der Waals surface area contributed by atoms with Crippen molar-refractivity contribution < 1.29 is 14.3 Å². The quantitative estimate of drug-likeness (QED) is 0.547. The Balaban J connectivity index is 1.69. The van der Waals surface area contributed by atoms with Crippen LogP contribution in [0.1, 0.15) is 35.3 Å². The van der Waals surface area contributed by atoms with Gasteiger partial charge in [0.2, 0.25) is 5.91 Å². The second-order valence-electron chi connectivity index (χ2n) is 6.75. The lowest BCUT2D eigenvalue weighted by Crippen LogP contribution is -2.15. The molecule has 1 saturated carbocycles. The molecule has 5 nitrogen and oxygen atoms in total. The molecule has 1 aliphatic carbocycles. The van der Waals surface area contributed by atoms with E-state index in [2.05, 4.69) is 10.3 Å². The fourth-order valence-electron chi connectivity index (χ4n) is 3.57. The number of halogens is 2. The van der Waals surface area contributed by atoms with Crippen LogP contribution in [0, 0.1) is 5.92 Å². The minimum atomic E-state index is -0.463. The van der Waals surface area contributed by atoms with E-state index >= 15 is 0 Å². The van der Waals surface area contributed by atoms with Crippen LogP contribution < -0.4 is 5.32 Å². The number of aromatic nitrogens is 1. The molecule has 7 heteroatoms. The molecule has 1 amide bonds. The number of H-pyrrole nitrogens is 1. The third-order valence-electron chi connectivity index (χ3n) is 4.87. The summed E-state index contributed by atoms with van der Waals surface area (Å²) in [7, 11) is 0. The SMILES string of the molecule is CCOC(=O)c1[nH]c2cc(Cl)cc(Cl)c2c1[C@@H]1C[C@H]1C(=O)Nc1ccccc1. The van der Waals surface area contributed by atoms with Gasteiger partial charge in [-0.1, -0.05) is 41.4 Å². The van der Waals surface area contributed by atoms with Crippen LogP contribution in [0.3, 0.4) is 0 Å². The van der Waals surface area contributed by atoms with Gasteiger partial charge < -0.3 is 15.0 Å². The molecular weight excluding hydrogens is 399 g/mol. The maximum atomic E-state index is 12.7. The summed E-state index contributed by atoms with van der Waals surface area (Å²) in [5.74, 6) is -0.893. The number of para-hydroxylation sites is 1. The molecule has 2 aromatic carbocycles. The summed E-state index contributed by atoms with van der Waals surface area (Å²) in [4.78, 5) is 28.3. The first-order valence-electron chi connectivity index (χ1n) is 9.03. The zero-order valence-electron chi connectivity index (χ0n) is 15.1. The Morgan fingerprint density at radius 3 is 2.68 bits per heavy atom. The van der Waals surface area contributed by atoms with Crippen LogP contribution in [-0.4, -0.2) is 23.5 Å². The number of fused-ring (bicyclic) bond motifs is 1. The normalized spacial score (nSPS) is 18.1. The predicted molar refractivity (Wildman–Crippen MR) is 110 cm³/mol. The molecule has 1 aliphatic rings. The number of hydrogen-bond donors (Lipinski definition) is 2. The Hall–Kier alpha value is -2.50. The van der Waals surface area contributed by atoms with Crippen molar-refractivity contribution in [2.24, 2.45) is 5.92 Å². The van der Waals surface area contributed by atoms with Crippen molar-refractivity contribution in [1.29, 1.82) is 0 Å². The summed E-state index contributed by atoms with van der Waals surface area (Å²) in [6, 6.07) is 12.6. The number of rotatable bonds is 5. The number of aromatic amines is 1. The van der Waals surface area contributed by atoms with E-state index in [-0.39, 0.29) is 24.3 Å². The van der Waals surface area contributed by atoms with Crippen LogP contribution in [0.25, 0.3) is 10.9 Å². The zero-order chi connectivity index (χ0) is 19.8. The second-order valence-corrected chi connectivity index (χ2v) is 7.59. The molecule has 1 aromatic heterocycles. The Morgan fingerprint density at radius 1 is 1.21 bits per heavy atom. The van der Waals surface area contributed by atoms with Crippen LogP contribution >= 0.6 is 23.2 Å². The van der Waals surface area contributed by atoms with Crippen LogP contribution in [0.2, 0.25) is 10.0 Å². The van der Waals surface area contributed by atoms with Crippen molar-refractivity contribution in [3.8, 4) is 0 Å². The number of carbonyl (C=O) groups is 2. The van der Waals surface area contributed by atoms with Gasteiger partial charge in [0.15, 0.2) is 0 Å². The molecule has 0 radical (unpaired) electrons. The van der Waals surface area contributed by atoms with E-state index in [1.54, 1.807) is 19.1 Å². The first kappa shape index (κ1) is 18.8. The maximum absolute atomic E-state index is 12.7. The summed E-state index contributed by atoms with van der Waals surface area (Å²) in [5.41, 5.74) is 2.46. The predicted octanol–water partition coefficient (Wildman–Crippen LogP) is 5.39. The fourth-order valence-corrected chi connectivity index (χ4v) is 4.16. The van der Waals surface area contributed by atoms with Crippen LogP contribution in [0.5, 0.6) is 0 Å². The van der Waals surface area contributed by atoms with Crippen molar-refractivity contribution >= 4 is 51.7 Å². The lowest BCUT2D eigenvalue weighted by atomic mass is 10.0. The summed E-state index contributed by atoms with van der Waals surface area (Å²) in [5, 5.41) is 4.55. The largest absolute Gasteiger partial charge is 0.461 e. The minimum Gasteiger partial charge on any atom is -0.461 e. The molecule has 0 bridgehead atoms. The van der Waals surface area contributed by atoms with Crippen LogP contribution in [0.15, 0.2) is 42.5 Å². The highest BCUT2D eigenvalue weighted by Gasteiger charge is 2.47. The van der Waals surface area contributed by atoms with Gasteiger partial charge in [-0.3, -0.25) is 4.79 Å². The van der Waals surface area contributed by atoms with Gasteiger partial charge in [-0.2, -0.15) is 0 Å². The molecule has 3 aromatic rings. The molecule has 1 heterocycles. The first-order valence-corrected chi connectivity index (χ1v) is 9.78.